The van der Waals surface area contributed by atoms with Crippen molar-refractivity contribution in [3.63, 3.8) is 0 Å². The van der Waals surface area contributed by atoms with Gasteiger partial charge in [0, 0.05) is 17.7 Å². The Morgan fingerprint density at radius 3 is 2.82 bits per heavy atom. The summed E-state index contributed by atoms with van der Waals surface area (Å²) >= 11 is 3.35. The van der Waals surface area contributed by atoms with Gasteiger partial charge in [-0.3, -0.25) is 9.48 Å². The van der Waals surface area contributed by atoms with Crippen molar-refractivity contribution in [2.45, 2.75) is 6.54 Å². The highest BCUT2D eigenvalue weighted by Gasteiger charge is 2.09. The van der Waals surface area contributed by atoms with E-state index in [1.807, 2.05) is 31.3 Å². The third kappa shape index (κ3) is 2.74. The number of aryl methyl sites for hydroxylation is 1. The average molecular weight is 294 g/mol. The van der Waals surface area contributed by atoms with Crippen LogP contribution in [0.3, 0.4) is 0 Å². The van der Waals surface area contributed by atoms with Crippen molar-refractivity contribution in [3.05, 3.63) is 52.3 Å². The molecule has 88 valence electrons. The molecule has 0 aliphatic heterocycles. The topological polar surface area (TPSA) is 46.9 Å². The zero-order valence-electron chi connectivity index (χ0n) is 9.35. The number of hydrogen-bond donors (Lipinski definition) is 1. The fourth-order valence-corrected chi connectivity index (χ4v) is 1.95. The lowest BCUT2D eigenvalue weighted by Crippen LogP contribution is -2.24. The van der Waals surface area contributed by atoms with Gasteiger partial charge in [0.2, 0.25) is 0 Å². The smallest absolute Gasteiger partial charge is 0.252 e. The zero-order chi connectivity index (χ0) is 12.3. The van der Waals surface area contributed by atoms with Crippen molar-refractivity contribution in [2.75, 3.05) is 0 Å². The van der Waals surface area contributed by atoms with Crippen LogP contribution in [0.4, 0.5) is 0 Å². The number of carbonyl (C=O) groups excluding carboxylic acids is 1. The number of rotatable bonds is 3. The molecule has 5 heteroatoms. The van der Waals surface area contributed by atoms with E-state index in [4.69, 9.17) is 0 Å². The van der Waals surface area contributed by atoms with E-state index >= 15 is 0 Å². The average Bonchev–Trinajstić information content (AvgIpc) is 2.72. The molecule has 0 fully saturated rings. The maximum atomic E-state index is 11.9. The minimum Gasteiger partial charge on any atom is -0.346 e. The molecule has 0 spiro atoms. The number of aromatic nitrogens is 2. The number of hydrogen-bond acceptors (Lipinski definition) is 2. The van der Waals surface area contributed by atoms with E-state index in [-0.39, 0.29) is 5.91 Å². The summed E-state index contributed by atoms with van der Waals surface area (Å²) in [4.78, 5) is 11.9. The Morgan fingerprint density at radius 1 is 1.41 bits per heavy atom. The zero-order valence-corrected chi connectivity index (χ0v) is 10.9. The maximum Gasteiger partial charge on any atom is 0.252 e. The lowest BCUT2D eigenvalue weighted by molar-refractivity contribution is 0.0949. The minimum absolute atomic E-state index is 0.0984. The Bertz CT molecular complexity index is 536. The van der Waals surface area contributed by atoms with Gasteiger partial charge in [-0.25, -0.2) is 0 Å². The first-order chi connectivity index (χ1) is 8.18. The molecule has 4 nitrogen and oxygen atoms in total. The number of benzene rings is 1. The number of amides is 1. The predicted octanol–water partition coefficient (Wildman–Crippen LogP) is 2.11. The van der Waals surface area contributed by atoms with Gasteiger partial charge in [-0.05, 0) is 34.1 Å². The van der Waals surface area contributed by atoms with Gasteiger partial charge in [-0.15, -0.1) is 0 Å². The summed E-state index contributed by atoms with van der Waals surface area (Å²) in [6.07, 6.45) is 1.71. The molecule has 1 aromatic heterocycles. The molecule has 0 unspecified atom stereocenters. The summed E-state index contributed by atoms with van der Waals surface area (Å²) in [6.45, 7) is 0.469. The van der Waals surface area contributed by atoms with Crippen LogP contribution < -0.4 is 5.32 Å². The lowest BCUT2D eigenvalue weighted by atomic mass is 10.2. The SMILES string of the molecule is Cn1nccc1CNC(=O)c1ccccc1Br. The quantitative estimate of drug-likeness (QED) is 0.942. The molecule has 1 aromatic carbocycles. The second-order valence-corrected chi connectivity index (χ2v) is 4.46. The Labute approximate surface area is 108 Å². The minimum atomic E-state index is -0.0984. The van der Waals surface area contributed by atoms with Gasteiger partial charge in [0.25, 0.3) is 5.91 Å². The Hall–Kier alpha value is -1.62. The Kier molecular flexibility index (Phi) is 3.58. The van der Waals surface area contributed by atoms with Crippen molar-refractivity contribution < 1.29 is 4.79 Å². The van der Waals surface area contributed by atoms with Gasteiger partial charge in [-0.1, -0.05) is 12.1 Å². The summed E-state index contributed by atoms with van der Waals surface area (Å²) < 4.78 is 2.53. The van der Waals surface area contributed by atoms with E-state index in [0.29, 0.717) is 12.1 Å². The molecule has 0 saturated heterocycles. The molecule has 2 aromatic rings. The highest BCUT2D eigenvalue weighted by molar-refractivity contribution is 9.10. The summed E-state index contributed by atoms with van der Waals surface area (Å²) in [5, 5.41) is 6.89. The molecule has 0 bridgehead atoms. The van der Waals surface area contributed by atoms with E-state index in [0.717, 1.165) is 10.2 Å². The van der Waals surface area contributed by atoms with E-state index in [9.17, 15) is 4.79 Å². The number of carbonyl (C=O) groups is 1. The molecule has 0 aliphatic carbocycles. The molecule has 1 N–H and O–H groups in total. The summed E-state index contributed by atoms with van der Waals surface area (Å²) in [7, 11) is 1.85. The van der Waals surface area contributed by atoms with Gasteiger partial charge in [-0.2, -0.15) is 5.10 Å². The van der Waals surface area contributed by atoms with Crippen LogP contribution in [0.1, 0.15) is 16.1 Å². The second-order valence-electron chi connectivity index (χ2n) is 3.61. The molecule has 0 atom stereocenters. The van der Waals surface area contributed by atoms with Crippen molar-refractivity contribution in [3.8, 4) is 0 Å². The van der Waals surface area contributed by atoms with Crippen LogP contribution in [0.25, 0.3) is 0 Å². The summed E-state index contributed by atoms with van der Waals surface area (Å²) in [6, 6.07) is 9.22. The van der Waals surface area contributed by atoms with E-state index in [1.54, 1.807) is 16.9 Å². The largest absolute Gasteiger partial charge is 0.346 e. The summed E-state index contributed by atoms with van der Waals surface area (Å²) in [5.74, 6) is -0.0984. The van der Waals surface area contributed by atoms with Crippen LogP contribution >= 0.6 is 15.9 Å². The Morgan fingerprint density at radius 2 is 2.18 bits per heavy atom. The fourth-order valence-electron chi connectivity index (χ4n) is 1.49. The molecule has 0 saturated carbocycles. The van der Waals surface area contributed by atoms with Gasteiger partial charge in [0.1, 0.15) is 0 Å². The van der Waals surface area contributed by atoms with Crippen molar-refractivity contribution >= 4 is 21.8 Å². The lowest BCUT2D eigenvalue weighted by Gasteiger charge is -2.06. The van der Waals surface area contributed by atoms with Crippen LogP contribution in [0.5, 0.6) is 0 Å². The highest BCUT2D eigenvalue weighted by Crippen LogP contribution is 2.15. The van der Waals surface area contributed by atoms with Gasteiger partial charge in [0.15, 0.2) is 0 Å². The van der Waals surface area contributed by atoms with Crippen LogP contribution in [-0.2, 0) is 13.6 Å². The predicted molar refractivity (Wildman–Crippen MR) is 68.5 cm³/mol. The molecule has 0 radical (unpaired) electrons. The molecule has 2 rings (SSSR count). The molecule has 1 heterocycles. The molecule has 0 aliphatic rings. The van der Waals surface area contributed by atoms with E-state index in [2.05, 4.69) is 26.3 Å². The first-order valence-electron chi connectivity index (χ1n) is 5.18. The number of nitrogens with one attached hydrogen (secondary N) is 1. The third-order valence-electron chi connectivity index (χ3n) is 2.47. The summed E-state index contributed by atoms with van der Waals surface area (Å²) in [5.41, 5.74) is 1.60. The first-order valence-corrected chi connectivity index (χ1v) is 5.97. The number of nitrogens with zero attached hydrogens (tertiary/aromatic N) is 2. The van der Waals surface area contributed by atoms with Crippen molar-refractivity contribution in [1.82, 2.24) is 15.1 Å². The maximum absolute atomic E-state index is 11.9. The van der Waals surface area contributed by atoms with Crippen LogP contribution in [0.2, 0.25) is 0 Å². The van der Waals surface area contributed by atoms with Crippen LogP contribution in [0, 0.1) is 0 Å². The standard InChI is InChI=1S/C12H12BrN3O/c1-16-9(6-7-15-16)8-14-12(17)10-4-2-3-5-11(10)13/h2-7H,8H2,1H3,(H,14,17). The van der Waals surface area contributed by atoms with Gasteiger partial charge in [0.05, 0.1) is 17.8 Å². The molecular weight excluding hydrogens is 282 g/mol. The fraction of sp³-hybridized carbons (Fsp3) is 0.167. The normalized spacial score (nSPS) is 10.2. The monoisotopic (exact) mass is 293 g/mol. The van der Waals surface area contributed by atoms with Crippen molar-refractivity contribution in [2.24, 2.45) is 7.05 Å². The molecular formula is C12H12BrN3O. The molecule has 1 amide bonds. The third-order valence-corrected chi connectivity index (χ3v) is 3.16. The highest BCUT2D eigenvalue weighted by atomic mass is 79.9. The molecule has 17 heavy (non-hydrogen) atoms. The van der Waals surface area contributed by atoms with Crippen LogP contribution in [-0.4, -0.2) is 15.7 Å². The van der Waals surface area contributed by atoms with Crippen molar-refractivity contribution in [1.29, 1.82) is 0 Å². The van der Waals surface area contributed by atoms with Gasteiger partial charge >= 0.3 is 0 Å². The van der Waals surface area contributed by atoms with Gasteiger partial charge < -0.3 is 5.32 Å². The first kappa shape index (κ1) is 11.9. The second kappa shape index (κ2) is 5.14. The number of halogens is 1. The van der Waals surface area contributed by atoms with Crippen LogP contribution in [0.15, 0.2) is 41.0 Å². The Balaban J connectivity index is 2.04. The van der Waals surface area contributed by atoms with E-state index < -0.39 is 0 Å². The van der Waals surface area contributed by atoms with E-state index in [1.165, 1.54) is 0 Å².